The topological polar surface area (TPSA) is 40.6 Å². The maximum absolute atomic E-state index is 11.7. The van der Waals surface area contributed by atoms with Crippen molar-refractivity contribution in [2.75, 3.05) is 23.7 Å². The predicted octanol–water partition coefficient (Wildman–Crippen LogP) is 1.43. The number of carbonyl (C=O) groups is 2. The Kier molecular flexibility index (Phi) is 4.37. The molecule has 14 heavy (non-hydrogen) atoms. The zero-order valence-corrected chi connectivity index (χ0v) is 11.0. The maximum atomic E-state index is 11.7. The number of hydrogen-bond donors (Lipinski definition) is 0. The Morgan fingerprint density at radius 2 is 1.79 bits per heavy atom. The Labute approximate surface area is 99.9 Å². The van der Waals surface area contributed by atoms with Crippen molar-refractivity contribution in [2.45, 2.75) is 13.0 Å². The molecule has 1 aliphatic heterocycles. The van der Waals surface area contributed by atoms with E-state index in [0.717, 1.165) is 0 Å². The van der Waals surface area contributed by atoms with Crippen molar-refractivity contribution in [1.29, 1.82) is 0 Å². The van der Waals surface area contributed by atoms with E-state index in [1.54, 1.807) is 11.8 Å². The lowest BCUT2D eigenvalue weighted by Gasteiger charge is -2.17. The van der Waals surface area contributed by atoms with E-state index in [2.05, 4.69) is 31.9 Å². The molecule has 3 amide bonds. The van der Waals surface area contributed by atoms with Gasteiger partial charge < -0.3 is 4.90 Å². The fraction of sp³-hybridized carbons (Fsp3) is 0.750. The van der Waals surface area contributed by atoms with Gasteiger partial charge in [-0.15, -0.1) is 0 Å². The lowest BCUT2D eigenvalue weighted by atomic mass is 10.3. The van der Waals surface area contributed by atoms with E-state index in [4.69, 9.17) is 0 Å². The Morgan fingerprint density at radius 3 is 2.29 bits per heavy atom. The highest BCUT2D eigenvalue weighted by molar-refractivity contribution is 9.09. The van der Waals surface area contributed by atoms with Crippen molar-refractivity contribution in [3.05, 3.63) is 0 Å². The second-order valence-corrected chi connectivity index (χ2v) is 4.61. The molecule has 1 aliphatic rings. The highest BCUT2D eigenvalue weighted by atomic mass is 79.9. The third-order valence-electron chi connectivity index (χ3n) is 2.20. The van der Waals surface area contributed by atoms with Crippen LogP contribution in [0.15, 0.2) is 0 Å². The first-order valence-corrected chi connectivity index (χ1v) is 6.61. The van der Waals surface area contributed by atoms with Gasteiger partial charge in [-0.2, -0.15) is 0 Å². The second kappa shape index (κ2) is 5.11. The Hall–Kier alpha value is -0.100. The van der Waals surface area contributed by atoms with Gasteiger partial charge in [0, 0.05) is 23.7 Å². The molecule has 6 heteroatoms. The highest BCUT2D eigenvalue weighted by Gasteiger charge is 2.41. The summed E-state index contributed by atoms with van der Waals surface area (Å²) in [6.07, 6.45) is 0. The lowest BCUT2D eigenvalue weighted by molar-refractivity contribution is -0.127. The third-order valence-corrected chi connectivity index (χ3v) is 2.91. The van der Waals surface area contributed by atoms with Gasteiger partial charge in [0.2, 0.25) is 0 Å². The van der Waals surface area contributed by atoms with E-state index in [0.29, 0.717) is 23.7 Å². The van der Waals surface area contributed by atoms with Gasteiger partial charge in [-0.05, 0) is 6.92 Å². The normalized spacial score (nSPS) is 22.4. The summed E-state index contributed by atoms with van der Waals surface area (Å²) in [5.41, 5.74) is 0. The van der Waals surface area contributed by atoms with Crippen LogP contribution in [0.2, 0.25) is 0 Å². The molecule has 0 spiro atoms. The van der Waals surface area contributed by atoms with Gasteiger partial charge in [-0.1, -0.05) is 31.9 Å². The molecule has 0 N–H and O–H groups in total. The van der Waals surface area contributed by atoms with E-state index < -0.39 is 0 Å². The number of carbonyl (C=O) groups excluding carboxylic acids is 2. The zero-order chi connectivity index (χ0) is 10.7. The first-order valence-electron chi connectivity index (χ1n) is 4.37. The molecule has 0 aromatic carbocycles. The third kappa shape index (κ3) is 2.11. The van der Waals surface area contributed by atoms with Gasteiger partial charge >= 0.3 is 6.03 Å². The van der Waals surface area contributed by atoms with Crippen LogP contribution in [0.1, 0.15) is 6.92 Å². The molecule has 1 heterocycles. The molecule has 0 bridgehead atoms. The van der Waals surface area contributed by atoms with Crippen molar-refractivity contribution in [3.63, 3.8) is 0 Å². The fourth-order valence-electron chi connectivity index (χ4n) is 1.44. The van der Waals surface area contributed by atoms with E-state index in [-0.39, 0.29) is 18.0 Å². The number of nitrogens with zero attached hydrogens (tertiary/aromatic N) is 2. The zero-order valence-electron chi connectivity index (χ0n) is 7.87. The van der Waals surface area contributed by atoms with Crippen LogP contribution < -0.4 is 0 Å². The minimum absolute atomic E-state index is 0.101. The second-order valence-electron chi connectivity index (χ2n) is 3.02. The number of hydrogen-bond acceptors (Lipinski definition) is 2. The van der Waals surface area contributed by atoms with Crippen LogP contribution in [0.5, 0.6) is 0 Å². The minimum atomic E-state index is -0.320. The van der Waals surface area contributed by atoms with Crippen molar-refractivity contribution in [2.24, 2.45) is 0 Å². The smallest absolute Gasteiger partial charge is 0.312 e. The van der Waals surface area contributed by atoms with Gasteiger partial charge in [0.15, 0.2) is 0 Å². The van der Waals surface area contributed by atoms with Gasteiger partial charge in [0.1, 0.15) is 6.04 Å². The summed E-state index contributed by atoms with van der Waals surface area (Å²) in [6.45, 7) is 2.78. The summed E-state index contributed by atoms with van der Waals surface area (Å²) >= 11 is 6.48. The van der Waals surface area contributed by atoms with Crippen LogP contribution in [-0.2, 0) is 4.79 Å². The molecule has 1 unspecified atom stereocenters. The molecule has 1 rings (SSSR count). The largest absolute Gasteiger partial charge is 0.327 e. The van der Waals surface area contributed by atoms with E-state index in [1.165, 1.54) is 4.90 Å². The molecule has 0 saturated carbocycles. The average Bonchev–Trinajstić information content (AvgIpc) is 2.36. The van der Waals surface area contributed by atoms with E-state index in [9.17, 15) is 9.59 Å². The molecule has 80 valence electrons. The van der Waals surface area contributed by atoms with Crippen molar-refractivity contribution >= 4 is 43.8 Å². The Balaban J connectivity index is 2.74. The fourth-order valence-corrected chi connectivity index (χ4v) is 2.18. The predicted molar refractivity (Wildman–Crippen MR) is 60.9 cm³/mol. The van der Waals surface area contributed by atoms with Crippen LogP contribution in [0.25, 0.3) is 0 Å². The van der Waals surface area contributed by atoms with Gasteiger partial charge in [0.05, 0.1) is 0 Å². The Morgan fingerprint density at radius 1 is 1.21 bits per heavy atom. The van der Waals surface area contributed by atoms with Crippen LogP contribution in [0.4, 0.5) is 4.79 Å². The number of urea groups is 1. The summed E-state index contributed by atoms with van der Waals surface area (Å²) in [4.78, 5) is 26.2. The standard InChI is InChI=1S/C8H12Br2N2O2/c1-6-7(13)12(5-3-10)8(14)11(6)4-2-9/h6H,2-5H2,1H3. The van der Waals surface area contributed by atoms with Gasteiger partial charge in [0.25, 0.3) is 5.91 Å². The van der Waals surface area contributed by atoms with Crippen LogP contribution in [-0.4, -0.2) is 51.5 Å². The van der Waals surface area contributed by atoms with Crippen LogP contribution in [0.3, 0.4) is 0 Å². The molecule has 0 radical (unpaired) electrons. The molecule has 1 fully saturated rings. The van der Waals surface area contributed by atoms with E-state index >= 15 is 0 Å². The molecule has 0 aromatic heterocycles. The summed E-state index contributed by atoms with van der Waals surface area (Å²) in [6, 6.07) is -0.500. The number of halogens is 2. The monoisotopic (exact) mass is 326 g/mol. The first-order chi connectivity index (χ1) is 6.63. The number of imide groups is 1. The molecule has 1 atom stereocenters. The Bertz CT molecular complexity index is 247. The summed E-state index contributed by atoms with van der Waals surface area (Å²) in [7, 11) is 0. The first kappa shape index (κ1) is 12.0. The van der Waals surface area contributed by atoms with Crippen molar-refractivity contribution in [1.82, 2.24) is 9.80 Å². The summed E-state index contributed by atoms with van der Waals surface area (Å²) in [5, 5.41) is 1.32. The SMILES string of the molecule is CC1C(=O)N(CCBr)C(=O)N1CCBr. The molecule has 0 aromatic rings. The van der Waals surface area contributed by atoms with Gasteiger partial charge in [-0.25, -0.2) is 4.79 Å². The molecule has 0 aliphatic carbocycles. The molecular weight excluding hydrogens is 316 g/mol. The number of alkyl halides is 2. The maximum Gasteiger partial charge on any atom is 0.327 e. The molecule has 4 nitrogen and oxygen atoms in total. The summed E-state index contributed by atoms with van der Waals surface area (Å²) in [5.74, 6) is -0.101. The summed E-state index contributed by atoms with van der Waals surface area (Å²) < 4.78 is 0. The quantitative estimate of drug-likeness (QED) is 0.579. The van der Waals surface area contributed by atoms with Crippen molar-refractivity contribution in [3.8, 4) is 0 Å². The van der Waals surface area contributed by atoms with Crippen molar-refractivity contribution < 1.29 is 9.59 Å². The van der Waals surface area contributed by atoms with E-state index in [1.807, 2.05) is 0 Å². The number of rotatable bonds is 4. The minimum Gasteiger partial charge on any atom is -0.312 e. The molecule has 1 saturated heterocycles. The average molecular weight is 328 g/mol. The number of amides is 3. The van der Waals surface area contributed by atoms with Crippen LogP contribution in [0, 0.1) is 0 Å². The molecular formula is C8H12Br2N2O2. The van der Waals surface area contributed by atoms with Crippen LogP contribution >= 0.6 is 31.9 Å². The lowest BCUT2D eigenvalue weighted by Crippen LogP contribution is -2.35. The highest BCUT2D eigenvalue weighted by Crippen LogP contribution is 2.17. The van der Waals surface area contributed by atoms with Gasteiger partial charge in [-0.3, -0.25) is 9.69 Å².